The van der Waals surface area contributed by atoms with Crippen molar-refractivity contribution in [3.63, 3.8) is 0 Å². The third-order valence-electron chi connectivity index (χ3n) is 5.26. The Hall–Kier alpha value is -2.28. The van der Waals surface area contributed by atoms with Gasteiger partial charge >= 0.3 is 23.9 Å². The van der Waals surface area contributed by atoms with Crippen LogP contribution in [0.5, 0.6) is 0 Å². The molecule has 0 aliphatic carbocycles. The van der Waals surface area contributed by atoms with Crippen molar-refractivity contribution < 1.29 is 38.5 Å². The minimum absolute atomic E-state index is 0.0803. The average molecular weight is 489 g/mol. The Morgan fingerprint density at radius 2 is 0.765 bits per heavy atom. The number of esters is 3. The molecule has 0 spiro atoms. The van der Waals surface area contributed by atoms with E-state index in [0.29, 0.717) is 52.4 Å². The van der Waals surface area contributed by atoms with Gasteiger partial charge < -0.3 is 19.3 Å². The van der Waals surface area contributed by atoms with Crippen LogP contribution in [0.4, 0.5) is 0 Å². The van der Waals surface area contributed by atoms with Gasteiger partial charge in [0.2, 0.25) is 0 Å². The SMILES string of the molecule is CCOC(=O)CN1CCN(CC(=O)O)CCN(CC(=O)OCC)CCN(CC(=O)OCC)CC1. The smallest absolute Gasteiger partial charge is 0.320 e. The molecule has 0 atom stereocenters. The Morgan fingerprint density at radius 3 is 0.971 bits per heavy atom. The molecule has 0 bridgehead atoms. The first-order valence-electron chi connectivity index (χ1n) is 11.8. The molecule has 1 saturated heterocycles. The lowest BCUT2D eigenvalue weighted by Crippen LogP contribution is -2.49. The summed E-state index contributed by atoms with van der Waals surface area (Å²) in [6, 6.07) is 0. The third kappa shape index (κ3) is 13.4. The summed E-state index contributed by atoms with van der Waals surface area (Å²) < 4.78 is 15.2. The second kappa shape index (κ2) is 17.2. The van der Waals surface area contributed by atoms with Crippen molar-refractivity contribution in [2.24, 2.45) is 0 Å². The molecule has 0 amide bonds. The van der Waals surface area contributed by atoms with E-state index in [1.54, 1.807) is 25.7 Å². The normalized spacial score (nSPS) is 17.9. The van der Waals surface area contributed by atoms with Crippen LogP contribution in [0.3, 0.4) is 0 Å². The van der Waals surface area contributed by atoms with Crippen molar-refractivity contribution in [2.75, 3.05) is 98.4 Å². The summed E-state index contributed by atoms with van der Waals surface area (Å²) in [5, 5.41) is 9.31. The Morgan fingerprint density at radius 1 is 0.529 bits per heavy atom. The second-order valence-electron chi connectivity index (χ2n) is 7.91. The van der Waals surface area contributed by atoms with Gasteiger partial charge in [0, 0.05) is 52.4 Å². The van der Waals surface area contributed by atoms with Gasteiger partial charge in [-0.2, -0.15) is 0 Å². The number of carbonyl (C=O) groups is 4. The predicted molar refractivity (Wildman–Crippen MR) is 123 cm³/mol. The molecule has 0 saturated carbocycles. The third-order valence-corrected chi connectivity index (χ3v) is 5.26. The molecule has 1 rings (SSSR count). The molecule has 1 fully saturated rings. The molecule has 12 heteroatoms. The van der Waals surface area contributed by atoms with Crippen molar-refractivity contribution in [3.05, 3.63) is 0 Å². The van der Waals surface area contributed by atoms with Crippen LogP contribution in [0.1, 0.15) is 20.8 Å². The summed E-state index contributed by atoms with van der Waals surface area (Å²) in [7, 11) is 0. The highest BCUT2D eigenvalue weighted by molar-refractivity contribution is 5.72. The highest BCUT2D eigenvalue weighted by Gasteiger charge is 2.22. The van der Waals surface area contributed by atoms with Crippen LogP contribution in [0, 0.1) is 0 Å². The topological polar surface area (TPSA) is 129 Å². The summed E-state index contributed by atoms with van der Waals surface area (Å²) in [6.45, 7) is 9.91. The van der Waals surface area contributed by atoms with Gasteiger partial charge in [0.25, 0.3) is 0 Å². The minimum atomic E-state index is -0.943. The first-order valence-corrected chi connectivity index (χ1v) is 11.8. The molecule has 1 heterocycles. The maximum atomic E-state index is 12.1. The summed E-state index contributed by atoms with van der Waals surface area (Å²) in [5.41, 5.74) is 0. The van der Waals surface area contributed by atoms with Gasteiger partial charge in [-0.3, -0.25) is 38.8 Å². The second-order valence-corrected chi connectivity index (χ2v) is 7.91. The van der Waals surface area contributed by atoms with Gasteiger partial charge in [0.15, 0.2) is 0 Å². The fourth-order valence-electron chi connectivity index (χ4n) is 3.57. The van der Waals surface area contributed by atoms with Crippen LogP contribution in [-0.2, 0) is 33.4 Å². The molecular weight excluding hydrogens is 448 g/mol. The van der Waals surface area contributed by atoms with E-state index in [9.17, 15) is 24.3 Å². The Kier molecular flexibility index (Phi) is 15.0. The van der Waals surface area contributed by atoms with E-state index in [4.69, 9.17) is 14.2 Å². The summed E-state index contributed by atoms with van der Waals surface area (Å²) in [4.78, 5) is 55.2. The van der Waals surface area contributed by atoms with Crippen LogP contribution in [0.2, 0.25) is 0 Å². The number of carboxylic acid groups (broad SMARTS) is 1. The number of hydrogen-bond donors (Lipinski definition) is 1. The van der Waals surface area contributed by atoms with Crippen LogP contribution in [0.15, 0.2) is 0 Å². The van der Waals surface area contributed by atoms with E-state index in [1.807, 2.05) is 14.7 Å². The number of hydrogen-bond acceptors (Lipinski definition) is 11. The van der Waals surface area contributed by atoms with E-state index >= 15 is 0 Å². The molecule has 0 radical (unpaired) electrons. The van der Waals surface area contributed by atoms with Crippen molar-refractivity contribution in [1.82, 2.24) is 19.6 Å². The number of carboxylic acids is 1. The van der Waals surface area contributed by atoms with Crippen LogP contribution >= 0.6 is 0 Å². The number of ether oxygens (including phenoxy) is 3. The number of aliphatic carboxylic acids is 1. The van der Waals surface area contributed by atoms with Gasteiger partial charge in [-0.25, -0.2) is 0 Å². The molecule has 34 heavy (non-hydrogen) atoms. The largest absolute Gasteiger partial charge is 0.480 e. The molecule has 1 N–H and O–H groups in total. The molecular formula is C22H40N4O8. The Labute approximate surface area is 201 Å². The average Bonchev–Trinajstić information content (AvgIpc) is 2.75. The molecule has 0 aromatic carbocycles. The highest BCUT2D eigenvalue weighted by atomic mass is 16.5. The maximum absolute atomic E-state index is 12.1. The van der Waals surface area contributed by atoms with Crippen molar-refractivity contribution in [1.29, 1.82) is 0 Å². The fraction of sp³-hybridized carbons (Fsp3) is 0.818. The lowest BCUT2D eigenvalue weighted by Gasteiger charge is -2.33. The van der Waals surface area contributed by atoms with Crippen molar-refractivity contribution >= 4 is 23.9 Å². The van der Waals surface area contributed by atoms with Gasteiger partial charge in [-0.15, -0.1) is 0 Å². The van der Waals surface area contributed by atoms with Crippen LogP contribution in [-0.4, -0.2) is 147 Å². The molecule has 0 aromatic heterocycles. The van der Waals surface area contributed by atoms with Crippen LogP contribution in [0.25, 0.3) is 0 Å². The van der Waals surface area contributed by atoms with Gasteiger partial charge in [0.1, 0.15) is 0 Å². The lowest BCUT2D eigenvalue weighted by atomic mass is 10.3. The summed E-state index contributed by atoms with van der Waals surface area (Å²) in [5.74, 6) is -1.98. The zero-order valence-corrected chi connectivity index (χ0v) is 20.7. The summed E-state index contributed by atoms with van der Waals surface area (Å²) in [6.07, 6.45) is 0. The van der Waals surface area contributed by atoms with Crippen LogP contribution < -0.4 is 0 Å². The summed E-state index contributed by atoms with van der Waals surface area (Å²) >= 11 is 0. The first-order chi connectivity index (χ1) is 16.3. The van der Waals surface area contributed by atoms with E-state index in [1.165, 1.54) is 0 Å². The lowest BCUT2D eigenvalue weighted by molar-refractivity contribution is -0.147. The van der Waals surface area contributed by atoms with Gasteiger partial charge in [-0.05, 0) is 20.8 Å². The maximum Gasteiger partial charge on any atom is 0.320 e. The quantitative estimate of drug-likeness (QED) is 0.282. The monoisotopic (exact) mass is 488 g/mol. The first kappa shape index (κ1) is 29.8. The molecule has 12 nitrogen and oxygen atoms in total. The van der Waals surface area contributed by atoms with Gasteiger partial charge in [-0.1, -0.05) is 0 Å². The van der Waals surface area contributed by atoms with Crippen molar-refractivity contribution in [3.8, 4) is 0 Å². The molecule has 0 unspecified atom stereocenters. The van der Waals surface area contributed by atoms with E-state index in [0.717, 1.165) is 0 Å². The number of carbonyl (C=O) groups excluding carboxylic acids is 3. The molecule has 0 aromatic rings. The van der Waals surface area contributed by atoms with Crippen molar-refractivity contribution in [2.45, 2.75) is 20.8 Å². The standard InChI is InChI=1S/C22H40N4O8/c1-4-32-20(29)16-24-9-7-23(15-19(27)28)8-10-25(17-21(30)33-5-2)12-14-26(13-11-24)18-22(31)34-6-3/h4-18H2,1-3H3,(H,27,28). The Bertz CT molecular complexity index is 612. The van der Waals surface area contributed by atoms with Gasteiger partial charge in [0.05, 0.1) is 46.0 Å². The highest BCUT2D eigenvalue weighted by Crippen LogP contribution is 2.03. The number of rotatable bonds is 11. The molecule has 1 aliphatic rings. The zero-order chi connectivity index (χ0) is 25.3. The van der Waals surface area contributed by atoms with E-state index in [2.05, 4.69) is 0 Å². The van der Waals surface area contributed by atoms with E-state index in [-0.39, 0.29) is 63.9 Å². The number of nitrogens with zero attached hydrogens (tertiary/aromatic N) is 4. The molecule has 1 aliphatic heterocycles. The molecule has 196 valence electrons. The van der Waals surface area contributed by atoms with E-state index < -0.39 is 5.97 Å². The predicted octanol–water partition coefficient (Wildman–Crippen LogP) is -1.02. The Balaban J connectivity index is 2.99. The zero-order valence-electron chi connectivity index (χ0n) is 20.7. The minimum Gasteiger partial charge on any atom is -0.480 e. The fourth-order valence-corrected chi connectivity index (χ4v) is 3.57.